The summed E-state index contributed by atoms with van der Waals surface area (Å²) >= 11 is 0. The summed E-state index contributed by atoms with van der Waals surface area (Å²) in [6.07, 6.45) is 1.37. The molecular formula is C13H14N4O3. The summed E-state index contributed by atoms with van der Waals surface area (Å²) in [7, 11) is 0. The molecule has 2 N–H and O–H groups in total. The number of nitrogens with zero attached hydrogens (tertiary/aromatic N) is 3. The van der Waals surface area contributed by atoms with Gasteiger partial charge in [0.25, 0.3) is 5.91 Å². The molecule has 7 nitrogen and oxygen atoms in total. The van der Waals surface area contributed by atoms with Gasteiger partial charge in [0, 0.05) is 5.56 Å². The number of hydrogen-bond acceptors (Lipinski definition) is 4. The van der Waals surface area contributed by atoms with Crippen LogP contribution in [0.1, 0.15) is 21.5 Å². The van der Waals surface area contributed by atoms with Crippen LogP contribution in [0.15, 0.2) is 24.4 Å². The monoisotopic (exact) mass is 274 g/mol. The standard InChI is InChI=1S/C13H14N4O3/c1-8-3-4-10(9(2)5-8)13(20)14-11-6-17(16-15-11)7-12(18)19/h3-6H,7H2,1-2H3,(H,14,20)(H,18,19). The molecule has 0 unspecified atom stereocenters. The van der Waals surface area contributed by atoms with Gasteiger partial charge in [-0.3, -0.25) is 9.59 Å². The molecule has 0 saturated heterocycles. The molecular weight excluding hydrogens is 260 g/mol. The van der Waals surface area contributed by atoms with E-state index in [0.29, 0.717) is 5.56 Å². The van der Waals surface area contributed by atoms with Crippen molar-refractivity contribution in [2.75, 3.05) is 5.32 Å². The lowest BCUT2D eigenvalue weighted by Gasteiger charge is -2.05. The van der Waals surface area contributed by atoms with Crippen molar-refractivity contribution in [1.82, 2.24) is 15.0 Å². The highest BCUT2D eigenvalue weighted by Crippen LogP contribution is 2.12. The van der Waals surface area contributed by atoms with Crippen LogP contribution in [0.4, 0.5) is 5.82 Å². The smallest absolute Gasteiger partial charge is 0.325 e. The molecule has 0 aliphatic rings. The number of aromatic nitrogens is 3. The lowest BCUT2D eigenvalue weighted by atomic mass is 10.1. The first-order valence-electron chi connectivity index (χ1n) is 5.96. The summed E-state index contributed by atoms with van der Waals surface area (Å²) < 4.78 is 1.14. The van der Waals surface area contributed by atoms with Crippen molar-refractivity contribution in [1.29, 1.82) is 0 Å². The highest BCUT2D eigenvalue weighted by atomic mass is 16.4. The molecule has 0 spiro atoms. The normalized spacial score (nSPS) is 10.3. The Morgan fingerprint density at radius 3 is 2.75 bits per heavy atom. The molecule has 2 rings (SSSR count). The zero-order valence-corrected chi connectivity index (χ0v) is 11.1. The fraction of sp³-hybridized carbons (Fsp3) is 0.231. The van der Waals surface area contributed by atoms with Crippen LogP contribution in [0.3, 0.4) is 0 Å². The number of aliphatic carboxylic acids is 1. The molecule has 0 radical (unpaired) electrons. The molecule has 1 aromatic carbocycles. The van der Waals surface area contributed by atoms with E-state index in [1.54, 1.807) is 6.07 Å². The highest BCUT2D eigenvalue weighted by molar-refractivity contribution is 6.04. The van der Waals surface area contributed by atoms with Gasteiger partial charge in [-0.15, -0.1) is 5.10 Å². The van der Waals surface area contributed by atoms with Gasteiger partial charge in [0.2, 0.25) is 0 Å². The molecule has 1 amide bonds. The maximum atomic E-state index is 12.1. The average Bonchev–Trinajstić information content (AvgIpc) is 2.75. The molecule has 0 bridgehead atoms. The van der Waals surface area contributed by atoms with E-state index in [0.717, 1.165) is 15.8 Å². The minimum absolute atomic E-state index is 0.219. The minimum atomic E-state index is -1.03. The number of anilines is 1. The van der Waals surface area contributed by atoms with Crippen molar-refractivity contribution in [2.45, 2.75) is 20.4 Å². The van der Waals surface area contributed by atoms with Crippen LogP contribution in [0.2, 0.25) is 0 Å². The van der Waals surface area contributed by atoms with Gasteiger partial charge in [-0.2, -0.15) is 0 Å². The fourth-order valence-corrected chi connectivity index (χ4v) is 1.82. The van der Waals surface area contributed by atoms with Gasteiger partial charge < -0.3 is 10.4 Å². The third kappa shape index (κ3) is 3.19. The predicted molar refractivity (Wildman–Crippen MR) is 71.5 cm³/mol. The van der Waals surface area contributed by atoms with E-state index in [9.17, 15) is 9.59 Å². The number of benzene rings is 1. The molecule has 0 aliphatic carbocycles. The van der Waals surface area contributed by atoms with Gasteiger partial charge >= 0.3 is 5.97 Å². The zero-order chi connectivity index (χ0) is 14.7. The SMILES string of the molecule is Cc1ccc(C(=O)Nc2cn(CC(=O)O)nn2)c(C)c1. The average molecular weight is 274 g/mol. The van der Waals surface area contributed by atoms with E-state index >= 15 is 0 Å². The van der Waals surface area contributed by atoms with Crippen molar-refractivity contribution >= 4 is 17.7 Å². The second-order valence-electron chi connectivity index (χ2n) is 4.47. The minimum Gasteiger partial charge on any atom is -0.480 e. The van der Waals surface area contributed by atoms with Gasteiger partial charge in [0.15, 0.2) is 5.82 Å². The molecule has 0 saturated carbocycles. The summed E-state index contributed by atoms with van der Waals surface area (Å²) in [5.74, 6) is -1.11. The topological polar surface area (TPSA) is 97.1 Å². The lowest BCUT2D eigenvalue weighted by Crippen LogP contribution is -2.13. The Hall–Kier alpha value is -2.70. The Morgan fingerprint density at radius 1 is 1.35 bits per heavy atom. The quantitative estimate of drug-likeness (QED) is 0.874. The molecule has 0 aliphatic heterocycles. The molecule has 0 fully saturated rings. The number of rotatable bonds is 4. The summed E-state index contributed by atoms with van der Waals surface area (Å²) in [6, 6.07) is 5.50. The van der Waals surface area contributed by atoms with Crippen LogP contribution >= 0.6 is 0 Å². The van der Waals surface area contributed by atoms with Gasteiger partial charge in [-0.05, 0) is 25.5 Å². The first kappa shape index (κ1) is 13.7. The number of carbonyl (C=O) groups is 2. The maximum absolute atomic E-state index is 12.1. The number of hydrogen-bond donors (Lipinski definition) is 2. The number of carboxylic acid groups (broad SMARTS) is 1. The van der Waals surface area contributed by atoms with E-state index < -0.39 is 5.97 Å². The van der Waals surface area contributed by atoms with E-state index in [4.69, 9.17) is 5.11 Å². The Labute approximate surface area is 115 Å². The summed E-state index contributed by atoms with van der Waals surface area (Å²) in [5.41, 5.74) is 2.48. The Kier molecular flexibility index (Phi) is 3.79. The first-order valence-corrected chi connectivity index (χ1v) is 5.96. The third-order valence-corrected chi connectivity index (χ3v) is 2.70. The van der Waals surface area contributed by atoms with Crippen molar-refractivity contribution in [3.63, 3.8) is 0 Å². The van der Waals surface area contributed by atoms with Crippen LogP contribution in [0.25, 0.3) is 0 Å². The van der Waals surface area contributed by atoms with E-state index in [1.165, 1.54) is 6.20 Å². The molecule has 2 aromatic rings. The second kappa shape index (κ2) is 5.52. The van der Waals surface area contributed by atoms with Crippen LogP contribution in [-0.2, 0) is 11.3 Å². The second-order valence-corrected chi connectivity index (χ2v) is 4.47. The zero-order valence-electron chi connectivity index (χ0n) is 11.1. The molecule has 1 heterocycles. The van der Waals surface area contributed by atoms with Crippen LogP contribution in [-0.4, -0.2) is 32.0 Å². The van der Waals surface area contributed by atoms with Gasteiger partial charge in [-0.25, -0.2) is 4.68 Å². The molecule has 20 heavy (non-hydrogen) atoms. The van der Waals surface area contributed by atoms with E-state index in [2.05, 4.69) is 15.6 Å². The summed E-state index contributed by atoms with van der Waals surface area (Å²) in [6.45, 7) is 3.50. The number of nitrogens with one attached hydrogen (secondary N) is 1. The van der Waals surface area contributed by atoms with Gasteiger partial charge in [0.05, 0.1) is 6.20 Å². The Balaban J connectivity index is 2.11. The predicted octanol–water partition coefficient (Wildman–Crippen LogP) is 1.23. The van der Waals surface area contributed by atoms with Crippen molar-refractivity contribution < 1.29 is 14.7 Å². The molecule has 1 aromatic heterocycles. The van der Waals surface area contributed by atoms with Crippen LogP contribution in [0, 0.1) is 13.8 Å². The van der Waals surface area contributed by atoms with Crippen LogP contribution < -0.4 is 5.32 Å². The number of carboxylic acids is 1. The van der Waals surface area contributed by atoms with E-state index in [1.807, 2.05) is 26.0 Å². The lowest BCUT2D eigenvalue weighted by molar-refractivity contribution is -0.137. The van der Waals surface area contributed by atoms with Crippen molar-refractivity contribution in [3.05, 3.63) is 41.1 Å². The molecule has 104 valence electrons. The van der Waals surface area contributed by atoms with Gasteiger partial charge in [0.1, 0.15) is 6.54 Å². The van der Waals surface area contributed by atoms with Crippen molar-refractivity contribution in [3.8, 4) is 0 Å². The molecule has 0 atom stereocenters. The van der Waals surface area contributed by atoms with Gasteiger partial charge in [-0.1, -0.05) is 22.9 Å². The first-order chi connectivity index (χ1) is 9.45. The number of carbonyl (C=O) groups excluding carboxylic acids is 1. The van der Waals surface area contributed by atoms with Crippen molar-refractivity contribution in [2.24, 2.45) is 0 Å². The summed E-state index contributed by atoms with van der Waals surface area (Å²) in [4.78, 5) is 22.6. The van der Waals surface area contributed by atoms with Crippen LogP contribution in [0.5, 0.6) is 0 Å². The molecule has 7 heteroatoms. The Bertz CT molecular complexity index is 663. The highest BCUT2D eigenvalue weighted by Gasteiger charge is 2.11. The fourth-order valence-electron chi connectivity index (χ4n) is 1.82. The summed E-state index contributed by atoms with van der Waals surface area (Å²) in [5, 5.41) is 18.5. The van der Waals surface area contributed by atoms with E-state index in [-0.39, 0.29) is 18.3 Å². The number of amides is 1. The number of aryl methyl sites for hydroxylation is 2. The Morgan fingerprint density at radius 2 is 2.10 bits per heavy atom. The largest absolute Gasteiger partial charge is 0.480 e. The maximum Gasteiger partial charge on any atom is 0.325 e. The third-order valence-electron chi connectivity index (χ3n) is 2.70.